The first-order valence-electron chi connectivity index (χ1n) is 8.31. The molecular formula is C19H25NO4. The molecule has 0 fully saturated rings. The van der Waals surface area contributed by atoms with E-state index >= 15 is 0 Å². The summed E-state index contributed by atoms with van der Waals surface area (Å²) >= 11 is 0. The Hall–Kier alpha value is -2.30. The number of Topliss-reactive ketones (excluding diaryl/α,β-unsaturated/α-hetero) is 1. The molecule has 1 aromatic rings. The van der Waals surface area contributed by atoms with Gasteiger partial charge in [0, 0.05) is 13.0 Å². The average Bonchev–Trinajstić information content (AvgIpc) is 2.79. The zero-order valence-electron chi connectivity index (χ0n) is 14.7. The van der Waals surface area contributed by atoms with Gasteiger partial charge in [-0.3, -0.25) is 9.59 Å². The summed E-state index contributed by atoms with van der Waals surface area (Å²) in [6, 6.07) is 6.73. The Labute approximate surface area is 142 Å². The topological polar surface area (TPSA) is 66.8 Å². The molecule has 1 aliphatic heterocycles. The van der Waals surface area contributed by atoms with Gasteiger partial charge in [-0.05, 0) is 30.0 Å². The zero-order valence-corrected chi connectivity index (χ0v) is 14.7. The van der Waals surface area contributed by atoms with E-state index in [-0.39, 0.29) is 17.3 Å². The first kappa shape index (κ1) is 18.0. The second-order valence-electron chi connectivity index (χ2n) is 6.46. The van der Waals surface area contributed by atoms with Crippen LogP contribution >= 0.6 is 0 Å². The third-order valence-corrected chi connectivity index (χ3v) is 4.09. The second-order valence-corrected chi connectivity index (χ2v) is 6.46. The molecule has 2 rings (SSSR count). The van der Waals surface area contributed by atoms with Gasteiger partial charge in [-0.25, -0.2) is 0 Å². The van der Waals surface area contributed by atoms with Crippen molar-refractivity contribution >= 4 is 11.7 Å². The molecule has 0 bridgehead atoms. The Morgan fingerprint density at radius 1 is 1.29 bits per heavy atom. The number of carbonyl (C=O) groups excluding carboxylic acids is 2. The lowest BCUT2D eigenvalue weighted by Crippen LogP contribution is -2.31. The lowest BCUT2D eigenvalue weighted by molar-refractivity contribution is -0.129. The highest BCUT2D eigenvalue weighted by atomic mass is 16.5. The highest BCUT2D eigenvalue weighted by Gasteiger charge is 2.42. The number of methoxy groups -OCH3 is 1. The molecule has 0 saturated carbocycles. The highest BCUT2D eigenvalue weighted by Crippen LogP contribution is 2.39. The number of ether oxygens (including phenoxy) is 1. The van der Waals surface area contributed by atoms with Gasteiger partial charge in [0.2, 0.25) is 0 Å². The number of hydrogen-bond acceptors (Lipinski definition) is 4. The molecule has 0 saturated heterocycles. The lowest BCUT2D eigenvalue weighted by Gasteiger charge is -2.26. The van der Waals surface area contributed by atoms with E-state index in [1.54, 1.807) is 24.1 Å². The Kier molecular flexibility index (Phi) is 5.65. The van der Waals surface area contributed by atoms with E-state index in [9.17, 15) is 14.7 Å². The van der Waals surface area contributed by atoms with Crippen LogP contribution in [0.1, 0.15) is 45.2 Å². The SMILES string of the molecule is CCCN1C(=O)C(O)=C(C(=O)CC(C)C)C1c1ccc(OC)cc1. The molecule has 1 atom stereocenters. The highest BCUT2D eigenvalue weighted by molar-refractivity contribution is 6.09. The molecule has 0 aliphatic carbocycles. The van der Waals surface area contributed by atoms with Crippen LogP contribution in [0.15, 0.2) is 35.6 Å². The fourth-order valence-electron chi connectivity index (χ4n) is 3.02. The zero-order chi connectivity index (χ0) is 17.9. The number of hydrogen-bond donors (Lipinski definition) is 1. The number of rotatable bonds is 7. The van der Waals surface area contributed by atoms with Gasteiger partial charge in [0.25, 0.3) is 5.91 Å². The van der Waals surface area contributed by atoms with E-state index in [0.29, 0.717) is 18.7 Å². The van der Waals surface area contributed by atoms with Crippen LogP contribution in [0.4, 0.5) is 0 Å². The van der Waals surface area contributed by atoms with Crippen molar-refractivity contribution in [2.24, 2.45) is 5.92 Å². The number of carbonyl (C=O) groups is 2. The Balaban J connectivity index is 2.46. The molecule has 1 aromatic carbocycles. The predicted molar refractivity (Wildman–Crippen MR) is 91.9 cm³/mol. The van der Waals surface area contributed by atoms with Crippen molar-refractivity contribution < 1.29 is 19.4 Å². The largest absolute Gasteiger partial charge is 0.503 e. The molecule has 0 spiro atoms. The van der Waals surface area contributed by atoms with Crippen LogP contribution in [0.5, 0.6) is 5.75 Å². The molecule has 1 amide bonds. The molecule has 0 radical (unpaired) electrons. The van der Waals surface area contributed by atoms with E-state index in [0.717, 1.165) is 12.0 Å². The Morgan fingerprint density at radius 3 is 2.42 bits per heavy atom. The van der Waals surface area contributed by atoms with Crippen molar-refractivity contribution in [2.45, 2.75) is 39.7 Å². The maximum absolute atomic E-state index is 12.6. The summed E-state index contributed by atoms with van der Waals surface area (Å²) in [5, 5.41) is 10.3. The minimum Gasteiger partial charge on any atom is -0.503 e. The van der Waals surface area contributed by atoms with Gasteiger partial charge < -0.3 is 14.7 Å². The summed E-state index contributed by atoms with van der Waals surface area (Å²) < 4.78 is 5.17. The second kappa shape index (κ2) is 7.51. The molecule has 5 heteroatoms. The van der Waals surface area contributed by atoms with Gasteiger partial charge in [0.15, 0.2) is 11.5 Å². The summed E-state index contributed by atoms with van der Waals surface area (Å²) in [6.45, 7) is 6.33. The van der Waals surface area contributed by atoms with Crippen LogP contribution in [0.25, 0.3) is 0 Å². The van der Waals surface area contributed by atoms with Gasteiger partial charge in [-0.1, -0.05) is 32.9 Å². The number of nitrogens with zero attached hydrogens (tertiary/aromatic N) is 1. The Bertz CT molecular complexity index is 646. The van der Waals surface area contributed by atoms with Crippen LogP contribution in [-0.4, -0.2) is 35.4 Å². The van der Waals surface area contributed by atoms with Gasteiger partial charge in [-0.2, -0.15) is 0 Å². The fourth-order valence-corrected chi connectivity index (χ4v) is 3.02. The van der Waals surface area contributed by atoms with Crippen LogP contribution in [0.3, 0.4) is 0 Å². The molecule has 1 N–H and O–H groups in total. The standard InChI is InChI=1S/C19H25NO4/c1-5-10-20-17(13-6-8-14(24-4)9-7-13)16(18(22)19(20)23)15(21)11-12(2)3/h6-9,12,17,22H,5,10-11H2,1-4H3. The molecule has 0 aromatic heterocycles. The van der Waals surface area contributed by atoms with E-state index in [2.05, 4.69) is 0 Å². The van der Waals surface area contributed by atoms with E-state index in [4.69, 9.17) is 4.74 Å². The number of aliphatic hydroxyl groups is 1. The van der Waals surface area contributed by atoms with Crippen LogP contribution < -0.4 is 4.74 Å². The smallest absolute Gasteiger partial charge is 0.290 e. The van der Waals surface area contributed by atoms with Crippen LogP contribution in [-0.2, 0) is 9.59 Å². The molecule has 1 heterocycles. The number of benzene rings is 1. The number of amides is 1. The predicted octanol–water partition coefficient (Wildman–Crippen LogP) is 3.42. The van der Waals surface area contributed by atoms with Crippen molar-refractivity contribution in [3.63, 3.8) is 0 Å². The summed E-state index contributed by atoms with van der Waals surface area (Å²) in [6.07, 6.45) is 1.05. The van der Waals surface area contributed by atoms with Crippen molar-refractivity contribution in [2.75, 3.05) is 13.7 Å². The fraction of sp³-hybridized carbons (Fsp3) is 0.474. The minimum absolute atomic E-state index is 0.157. The van der Waals surface area contributed by atoms with E-state index < -0.39 is 17.7 Å². The molecule has 1 aliphatic rings. The molecule has 24 heavy (non-hydrogen) atoms. The molecule has 1 unspecified atom stereocenters. The van der Waals surface area contributed by atoms with Crippen molar-refractivity contribution in [3.8, 4) is 5.75 Å². The van der Waals surface area contributed by atoms with Crippen molar-refractivity contribution in [1.82, 2.24) is 4.90 Å². The molecule has 130 valence electrons. The van der Waals surface area contributed by atoms with Gasteiger partial charge in [-0.15, -0.1) is 0 Å². The first-order valence-corrected chi connectivity index (χ1v) is 8.31. The summed E-state index contributed by atoms with van der Waals surface area (Å²) in [7, 11) is 1.58. The quantitative estimate of drug-likeness (QED) is 0.831. The third kappa shape index (κ3) is 3.45. The van der Waals surface area contributed by atoms with E-state index in [1.165, 1.54) is 0 Å². The summed E-state index contributed by atoms with van der Waals surface area (Å²) in [5.74, 6) is -0.187. The molecule has 5 nitrogen and oxygen atoms in total. The van der Waals surface area contributed by atoms with E-state index in [1.807, 2.05) is 32.9 Å². The van der Waals surface area contributed by atoms with Crippen LogP contribution in [0, 0.1) is 5.92 Å². The Morgan fingerprint density at radius 2 is 1.92 bits per heavy atom. The van der Waals surface area contributed by atoms with Crippen LogP contribution in [0.2, 0.25) is 0 Å². The van der Waals surface area contributed by atoms with Gasteiger partial charge in [0.1, 0.15) is 5.75 Å². The monoisotopic (exact) mass is 331 g/mol. The van der Waals surface area contributed by atoms with Gasteiger partial charge in [0.05, 0.1) is 18.7 Å². The summed E-state index contributed by atoms with van der Waals surface area (Å²) in [5.41, 5.74) is 1.01. The maximum Gasteiger partial charge on any atom is 0.290 e. The lowest BCUT2D eigenvalue weighted by atomic mass is 9.92. The summed E-state index contributed by atoms with van der Waals surface area (Å²) in [4.78, 5) is 26.7. The van der Waals surface area contributed by atoms with Crippen molar-refractivity contribution in [1.29, 1.82) is 0 Å². The number of aliphatic hydroxyl groups excluding tert-OH is 1. The minimum atomic E-state index is -0.533. The third-order valence-electron chi connectivity index (χ3n) is 4.09. The normalized spacial score (nSPS) is 17.8. The number of ketones is 1. The first-order chi connectivity index (χ1) is 11.4. The molecular weight excluding hydrogens is 306 g/mol. The maximum atomic E-state index is 12.6. The average molecular weight is 331 g/mol. The van der Waals surface area contributed by atoms with Crippen molar-refractivity contribution in [3.05, 3.63) is 41.2 Å². The van der Waals surface area contributed by atoms with Gasteiger partial charge >= 0.3 is 0 Å².